The molecule has 9 heteroatoms. The Morgan fingerprint density at radius 2 is 1.83 bits per heavy atom. The Morgan fingerprint density at radius 1 is 1.09 bits per heavy atom. The highest BCUT2D eigenvalue weighted by Crippen LogP contribution is 2.33. The highest BCUT2D eigenvalue weighted by molar-refractivity contribution is 6.31. The molecular formula is C26H25ClN4O4. The van der Waals surface area contributed by atoms with Crippen molar-refractivity contribution in [2.24, 2.45) is 7.05 Å². The summed E-state index contributed by atoms with van der Waals surface area (Å²) in [5.74, 6) is -0.588. The van der Waals surface area contributed by atoms with E-state index < -0.39 is 5.91 Å². The summed E-state index contributed by atoms with van der Waals surface area (Å²) < 4.78 is 2.84. The van der Waals surface area contributed by atoms with E-state index in [1.165, 1.54) is 9.25 Å². The molecular weight excluding hydrogens is 468 g/mol. The Kier molecular flexibility index (Phi) is 7.14. The zero-order valence-electron chi connectivity index (χ0n) is 19.4. The van der Waals surface area contributed by atoms with Gasteiger partial charge in [-0.1, -0.05) is 48.9 Å². The number of carbonyl (C=O) groups is 2. The molecule has 0 aliphatic rings. The number of benzene rings is 2. The van der Waals surface area contributed by atoms with E-state index in [1.807, 2.05) is 30.3 Å². The van der Waals surface area contributed by atoms with Gasteiger partial charge in [-0.25, -0.2) is 0 Å². The number of aromatic nitrogens is 3. The summed E-state index contributed by atoms with van der Waals surface area (Å²) in [6.07, 6.45) is 0.197. The van der Waals surface area contributed by atoms with Crippen molar-refractivity contribution >= 4 is 34.1 Å². The molecule has 4 rings (SSSR count). The maximum absolute atomic E-state index is 13.7. The van der Waals surface area contributed by atoms with E-state index >= 15 is 0 Å². The second-order valence-corrected chi connectivity index (χ2v) is 8.51. The van der Waals surface area contributed by atoms with Crippen molar-refractivity contribution in [2.75, 3.05) is 13.2 Å². The molecule has 2 aromatic carbocycles. The van der Waals surface area contributed by atoms with Crippen molar-refractivity contribution in [1.29, 1.82) is 0 Å². The summed E-state index contributed by atoms with van der Waals surface area (Å²) in [6.45, 7) is 1.68. The predicted molar refractivity (Wildman–Crippen MR) is 135 cm³/mol. The summed E-state index contributed by atoms with van der Waals surface area (Å²) in [7, 11) is 1.62. The zero-order chi connectivity index (χ0) is 25.1. The van der Waals surface area contributed by atoms with Gasteiger partial charge in [0.2, 0.25) is 0 Å². The number of aliphatic hydroxyl groups excluding tert-OH is 1. The molecule has 2 aromatic heterocycles. The van der Waals surface area contributed by atoms with Crippen molar-refractivity contribution in [3.05, 3.63) is 87.1 Å². The van der Waals surface area contributed by atoms with Crippen molar-refractivity contribution in [2.45, 2.75) is 19.9 Å². The Hall–Kier alpha value is -3.75. The molecule has 1 amide bonds. The van der Waals surface area contributed by atoms with Gasteiger partial charge in [-0.05, 0) is 35.2 Å². The molecule has 0 atom stereocenters. The molecule has 0 fully saturated rings. The molecule has 4 aromatic rings. The van der Waals surface area contributed by atoms with Crippen molar-refractivity contribution in [1.82, 2.24) is 19.7 Å². The van der Waals surface area contributed by atoms with Crippen LogP contribution in [0, 0.1) is 0 Å². The van der Waals surface area contributed by atoms with Crippen LogP contribution in [0.15, 0.2) is 59.4 Å². The number of pyridine rings is 1. The number of halogens is 1. The predicted octanol–water partition coefficient (Wildman–Crippen LogP) is 3.42. The van der Waals surface area contributed by atoms with Crippen LogP contribution in [-0.2, 0) is 13.6 Å². The lowest BCUT2D eigenvalue weighted by Gasteiger charge is -2.19. The highest BCUT2D eigenvalue weighted by Gasteiger charge is 2.24. The number of Topliss-reactive ketones (excluding diaryl/α,β-unsaturated/α-hetero) is 1. The zero-order valence-corrected chi connectivity index (χ0v) is 20.2. The van der Waals surface area contributed by atoms with E-state index in [4.69, 9.17) is 16.7 Å². The van der Waals surface area contributed by atoms with Crippen molar-refractivity contribution in [3.63, 3.8) is 0 Å². The van der Waals surface area contributed by atoms with Gasteiger partial charge in [0.1, 0.15) is 5.69 Å². The molecule has 0 radical (unpaired) electrons. The van der Waals surface area contributed by atoms with E-state index in [9.17, 15) is 14.4 Å². The van der Waals surface area contributed by atoms with Gasteiger partial charge >= 0.3 is 0 Å². The van der Waals surface area contributed by atoms with Gasteiger partial charge in [-0.3, -0.25) is 23.6 Å². The van der Waals surface area contributed by atoms with Crippen LogP contribution < -0.4 is 10.9 Å². The van der Waals surface area contributed by atoms with Gasteiger partial charge in [0.05, 0.1) is 24.5 Å². The molecule has 35 heavy (non-hydrogen) atoms. The monoisotopic (exact) mass is 492 g/mol. The van der Waals surface area contributed by atoms with E-state index in [0.717, 1.165) is 5.56 Å². The van der Waals surface area contributed by atoms with Gasteiger partial charge < -0.3 is 10.4 Å². The first kappa shape index (κ1) is 24.4. The second-order valence-electron chi connectivity index (χ2n) is 8.07. The molecule has 0 unspecified atom stereocenters. The van der Waals surface area contributed by atoms with Crippen LogP contribution in [0.25, 0.3) is 21.9 Å². The van der Waals surface area contributed by atoms with Crippen LogP contribution in [0.5, 0.6) is 0 Å². The molecule has 0 saturated carbocycles. The van der Waals surface area contributed by atoms with Crippen LogP contribution >= 0.6 is 11.6 Å². The summed E-state index contributed by atoms with van der Waals surface area (Å²) >= 11 is 6.29. The number of hydrogen-bond donors (Lipinski definition) is 2. The van der Waals surface area contributed by atoms with E-state index in [-0.39, 0.29) is 48.8 Å². The topological polar surface area (TPSA) is 106 Å². The summed E-state index contributed by atoms with van der Waals surface area (Å²) in [5, 5.41) is 17.5. The minimum Gasteiger partial charge on any atom is -0.395 e. The van der Waals surface area contributed by atoms with Crippen LogP contribution in [0.1, 0.15) is 40.0 Å². The number of aliphatic hydroxyl groups is 1. The number of nitrogens with zero attached hydrogens (tertiary/aromatic N) is 3. The normalized spacial score (nSPS) is 11.1. The highest BCUT2D eigenvalue weighted by atomic mass is 35.5. The summed E-state index contributed by atoms with van der Waals surface area (Å²) in [5.41, 5.74) is 2.07. The lowest BCUT2D eigenvalue weighted by Crippen LogP contribution is -2.28. The van der Waals surface area contributed by atoms with Crippen LogP contribution in [-0.4, -0.2) is 44.3 Å². The fraction of sp³-hybridized carbons (Fsp3) is 0.231. The van der Waals surface area contributed by atoms with E-state index in [2.05, 4.69) is 10.4 Å². The molecule has 8 nitrogen and oxygen atoms in total. The molecule has 0 bridgehead atoms. The average molecular weight is 493 g/mol. The Balaban J connectivity index is 1.96. The van der Waals surface area contributed by atoms with E-state index in [0.29, 0.717) is 27.1 Å². The molecule has 0 aliphatic carbocycles. The van der Waals surface area contributed by atoms with Gasteiger partial charge in [-0.2, -0.15) is 5.10 Å². The number of amides is 1. The third kappa shape index (κ3) is 4.76. The second kappa shape index (κ2) is 10.2. The third-order valence-electron chi connectivity index (χ3n) is 5.76. The average Bonchev–Trinajstić information content (AvgIpc) is 3.23. The Labute approximate surface area is 206 Å². The molecule has 2 N–H and O–H groups in total. The van der Waals surface area contributed by atoms with Crippen molar-refractivity contribution < 1.29 is 14.7 Å². The quantitative estimate of drug-likeness (QED) is 0.366. The van der Waals surface area contributed by atoms with Gasteiger partial charge in [0, 0.05) is 36.0 Å². The van der Waals surface area contributed by atoms with E-state index in [1.54, 1.807) is 38.2 Å². The van der Waals surface area contributed by atoms with Crippen molar-refractivity contribution in [3.8, 4) is 11.1 Å². The Bertz CT molecular complexity index is 1470. The number of hydrogen-bond acceptors (Lipinski definition) is 5. The Morgan fingerprint density at radius 3 is 2.51 bits per heavy atom. The molecule has 0 aliphatic heterocycles. The van der Waals surface area contributed by atoms with Crippen LogP contribution in [0.3, 0.4) is 0 Å². The SMILES string of the molecule is CCC(=O)c1c(-c2ccccc2)c2cc(Cl)ccc2c(=O)n1Cc1cc(C(=O)NCCO)n(C)n1. The fourth-order valence-electron chi connectivity index (χ4n) is 4.16. The first-order valence-corrected chi connectivity index (χ1v) is 11.6. The third-order valence-corrected chi connectivity index (χ3v) is 6.00. The van der Waals surface area contributed by atoms with Crippen LogP contribution in [0.2, 0.25) is 5.02 Å². The lowest BCUT2D eigenvalue weighted by atomic mass is 9.94. The standard InChI is InChI=1S/C26H25ClN4O4/c1-3-22(33)24-23(16-7-5-4-6-8-16)20-13-17(27)9-10-19(20)26(35)31(24)15-18-14-21(30(2)29-18)25(34)28-11-12-32/h4-10,13-14,32H,3,11-12,15H2,1-2H3,(H,28,34). The number of nitrogens with one attached hydrogen (secondary N) is 1. The van der Waals surface area contributed by atoms with Gasteiger partial charge in [0.25, 0.3) is 11.5 Å². The van der Waals surface area contributed by atoms with Crippen LogP contribution in [0.4, 0.5) is 0 Å². The number of aryl methyl sites for hydroxylation is 1. The number of ketones is 1. The number of fused-ring (bicyclic) bond motifs is 1. The minimum atomic E-state index is -0.393. The summed E-state index contributed by atoms with van der Waals surface area (Å²) in [4.78, 5) is 39.4. The maximum Gasteiger partial charge on any atom is 0.269 e. The smallest absolute Gasteiger partial charge is 0.269 e. The molecule has 180 valence electrons. The minimum absolute atomic E-state index is 0.000569. The number of rotatable bonds is 8. The lowest BCUT2D eigenvalue weighted by molar-refractivity contribution is 0.0934. The first-order chi connectivity index (χ1) is 16.8. The summed E-state index contributed by atoms with van der Waals surface area (Å²) in [6, 6.07) is 16.0. The number of carbonyl (C=O) groups excluding carboxylic acids is 2. The molecule has 2 heterocycles. The maximum atomic E-state index is 13.7. The fourth-order valence-corrected chi connectivity index (χ4v) is 4.34. The molecule has 0 spiro atoms. The largest absolute Gasteiger partial charge is 0.395 e. The van der Waals surface area contributed by atoms with Gasteiger partial charge in [-0.15, -0.1) is 0 Å². The first-order valence-electron chi connectivity index (χ1n) is 11.2. The molecule has 0 saturated heterocycles. The van der Waals surface area contributed by atoms with Gasteiger partial charge in [0.15, 0.2) is 5.78 Å².